The Kier molecular flexibility index (Phi) is 10.2. The fourth-order valence-electron chi connectivity index (χ4n) is 5.09. The van der Waals surface area contributed by atoms with Gasteiger partial charge >= 0.3 is 17.1 Å². The molecule has 1 fully saturated rings. The van der Waals surface area contributed by atoms with E-state index in [1.54, 1.807) is 54.6 Å². The zero-order chi connectivity index (χ0) is 29.6. The van der Waals surface area contributed by atoms with Gasteiger partial charge in [0.2, 0.25) is 0 Å². The monoisotopic (exact) mass is 628 g/mol. The molecule has 1 radical (unpaired) electrons. The Morgan fingerprint density at radius 3 is 2.53 bits per heavy atom. The summed E-state index contributed by atoms with van der Waals surface area (Å²) in [5, 5.41) is 40.9. The van der Waals surface area contributed by atoms with Gasteiger partial charge in [-0.25, -0.2) is 0 Å². The summed E-state index contributed by atoms with van der Waals surface area (Å²) in [6.07, 6.45) is 2.63. The van der Waals surface area contributed by atoms with Crippen LogP contribution in [0.4, 0.5) is 11.4 Å². The second-order valence-electron chi connectivity index (χ2n) is 9.97. The van der Waals surface area contributed by atoms with Crippen molar-refractivity contribution in [3.63, 3.8) is 0 Å². The molecule has 1 aliphatic rings. The number of aliphatic imine (C=N–C) groups is 2. The van der Waals surface area contributed by atoms with E-state index in [0.29, 0.717) is 41.1 Å². The third kappa shape index (κ3) is 7.23. The number of aryl methyl sites for hydroxylation is 1. The number of likely N-dealkylation sites (tertiary alicyclic amines) is 1. The number of para-hydroxylation sites is 1. The maximum Gasteiger partial charge on any atom is 2.00 e. The number of carbonyl (C=O) groups excluding carboxylic acids is 1. The van der Waals surface area contributed by atoms with Gasteiger partial charge in [0.15, 0.2) is 11.8 Å². The number of nitrogens with zero attached hydrogens (tertiary/aromatic N) is 5. The third-order valence-electron chi connectivity index (χ3n) is 7.10. The number of hydrogen-bond donors (Lipinski definition) is 0. The van der Waals surface area contributed by atoms with Gasteiger partial charge in [-0.1, -0.05) is 65.3 Å². The number of rotatable bonds is 10. The molecule has 0 aliphatic carbocycles. The van der Waals surface area contributed by atoms with Crippen LogP contribution in [0.25, 0.3) is 0 Å². The van der Waals surface area contributed by atoms with Crippen molar-refractivity contribution >= 4 is 29.0 Å². The van der Waals surface area contributed by atoms with Gasteiger partial charge in [-0.3, -0.25) is 25.0 Å². The van der Waals surface area contributed by atoms with Crippen LogP contribution in [-0.4, -0.2) is 45.1 Å². The summed E-state index contributed by atoms with van der Waals surface area (Å²) < 4.78 is 5.10. The van der Waals surface area contributed by atoms with E-state index in [1.807, 2.05) is 24.0 Å². The molecule has 3 aromatic carbocycles. The van der Waals surface area contributed by atoms with Gasteiger partial charge in [0.05, 0.1) is 28.5 Å². The Labute approximate surface area is 258 Å². The van der Waals surface area contributed by atoms with E-state index in [-0.39, 0.29) is 35.1 Å². The minimum absolute atomic E-state index is 0. The first-order chi connectivity index (χ1) is 20.3. The molecule has 0 bridgehead atoms. The molecule has 1 aliphatic heterocycles. The molecule has 5 rings (SSSR count). The van der Waals surface area contributed by atoms with E-state index in [4.69, 9.17) is 4.52 Å². The number of carboxylic acid groups (broad SMARTS) is 1. The number of carboxylic acids is 1. The fraction of sp³-hybridized carbons (Fsp3) is 0.226. The minimum atomic E-state index is -1.49. The first kappa shape index (κ1) is 31.3. The molecule has 0 N–H and O–H groups in total. The maximum atomic E-state index is 13.6. The van der Waals surface area contributed by atoms with Crippen LogP contribution in [-0.2, 0) is 28.4 Å². The predicted molar refractivity (Wildman–Crippen MR) is 151 cm³/mol. The van der Waals surface area contributed by atoms with Crippen molar-refractivity contribution in [1.82, 2.24) is 10.1 Å². The van der Waals surface area contributed by atoms with E-state index in [0.717, 1.165) is 12.0 Å². The van der Waals surface area contributed by atoms with Crippen molar-refractivity contribution in [3.8, 4) is 0 Å². The summed E-state index contributed by atoms with van der Waals surface area (Å²) in [5.41, 5.74) is 3.06. The van der Waals surface area contributed by atoms with Crippen molar-refractivity contribution in [2.75, 3.05) is 6.54 Å². The second kappa shape index (κ2) is 14.0. The van der Waals surface area contributed by atoms with Gasteiger partial charge < -0.3 is 19.5 Å². The molecule has 2 atom stereocenters. The third-order valence-corrected chi connectivity index (χ3v) is 7.10. The van der Waals surface area contributed by atoms with E-state index in [1.165, 1.54) is 18.3 Å². The predicted octanol–water partition coefficient (Wildman–Crippen LogP) is 3.27. The smallest absolute Gasteiger partial charge is 0.861 e. The quantitative estimate of drug-likeness (QED) is 0.0850. The molecule has 43 heavy (non-hydrogen) atoms. The second-order valence-corrected chi connectivity index (χ2v) is 9.97. The molecule has 1 aromatic heterocycles. The molecule has 11 nitrogen and oxygen atoms in total. The molecule has 0 saturated carbocycles. The molecule has 223 valence electrons. The fourth-order valence-corrected chi connectivity index (χ4v) is 5.09. The number of aromatic nitrogens is 1. The topological polar surface area (TPSA) is 160 Å². The number of nitro benzene ring substituents is 1. The molecule has 12 heteroatoms. The number of benzene rings is 3. The van der Waals surface area contributed by atoms with Crippen LogP contribution in [0.15, 0.2) is 99.6 Å². The van der Waals surface area contributed by atoms with Gasteiger partial charge in [-0.05, 0) is 44.3 Å². The van der Waals surface area contributed by atoms with Crippen molar-refractivity contribution in [1.29, 1.82) is 0 Å². The summed E-state index contributed by atoms with van der Waals surface area (Å²) in [6, 6.07) is 20.1. The van der Waals surface area contributed by atoms with Gasteiger partial charge in [0.1, 0.15) is 0 Å². The molecule has 1 saturated heterocycles. The summed E-state index contributed by atoms with van der Waals surface area (Å²) in [7, 11) is 0. The Hall–Kier alpha value is -4.64. The average Bonchev–Trinajstić information content (AvgIpc) is 3.68. The molecule has 4 aromatic rings. The summed E-state index contributed by atoms with van der Waals surface area (Å²) in [4.78, 5) is 34.2. The Morgan fingerprint density at radius 1 is 1.09 bits per heavy atom. The first-order valence-electron chi connectivity index (χ1n) is 13.4. The van der Waals surface area contributed by atoms with E-state index >= 15 is 0 Å². The van der Waals surface area contributed by atoms with Crippen LogP contribution in [0.3, 0.4) is 0 Å². The van der Waals surface area contributed by atoms with Gasteiger partial charge in [0, 0.05) is 41.4 Å². The molecule has 1 unspecified atom stereocenters. The number of carbonyl (C=O) groups is 1. The zero-order valence-electron chi connectivity index (χ0n) is 23.1. The largest absolute Gasteiger partial charge is 2.00 e. The molecule has 2 heterocycles. The van der Waals surface area contributed by atoms with Crippen molar-refractivity contribution in [2.24, 2.45) is 9.98 Å². The Bertz CT molecular complexity index is 1640. The van der Waals surface area contributed by atoms with Crippen LogP contribution in [0.2, 0.25) is 0 Å². The number of nitro groups is 1. The SMILES string of the molecule is Cc1ccc(N=C([O-])C2CCCN2Cc2ccccc2[N+](=O)[O-])c(C(=N[C@@H](C(=O)[O-])c2ccno2)c2ccccc2)c1.[Cu+2]. The molecular formula is C31H27CuN5O6. The molecular weight excluding hydrogens is 602 g/mol. The van der Waals surface area contributed by atoms with Gasteiger partial charge in [0.25, 0.3) is 5.69 Å². The summed E-state index contributed by atoms with van der Waals surface area (Å²) >= 11 is 0. The number of hydrogen-bond acceptors (Lipinski definition) is 10. The Balaban J connectivity index is 0.00000423. The maximum absolute atomic E-state index is 13.6. The standard InChI is InChI=1S/C31H29N5O6.Cu/c1-20-13-14-24(33-30(37)26-12-7-17-35(26)19-22-10-5-6-11-25(22)36(40)41)23(18-20)28(21-8-3-2-4-9-21)34-29(31(38)39)27-15-16-32-42-27;/h2-6,8-11,13-16,18,26,29H,7,12,17,19H2,1H3,(H,33,37)(H,38,39);/q;+2/p-2/t26?,29-;/m1./s1. The van der Waals surface area contributed by atoms with Crippen LogP contribution in [0.1, 0.15) is 46.9 Å². The van der Waals surface area contributed by atoms with Crippen molar-refractivity contribution in [3.05, 3.63) is 123 Å². The van der Waals surface area contributed by atoms with Gasteiger partial charge in [-0.15, -0.1) is 0 Å². The van der Waals surface area contributed by atoms with Crippen LogP contribution in [0, 0.1) is 17.0 Å². The first-order valence-corrected chi connectivity index (χ1v) is 13.4. The van der Waals surface area contributed by atoms with Crippen molar-refractivity contribution in [2.45, 2.75) is 38.4 Å². The van der Waals surface area contributed by atoms with Crippen molar-refractivity contribution < 1.29 is 41.5 Å². The van der Waals surface area contributed by atoms with Gasteiger partial charge in [-0.2, -0.15) is 0 Å². The van der Waals surface area contributed by atoms with Crippen LogP contribution in [0.5, 0.6) is 0 Å². The summed E-state index contributed by atoms with van der Waals surface area (Å²) in [6.45, 7) is 2.71. The van der Waals surface area contributed by atoms with E-state index < -0.39 is 28.9 Å². The minimum Gasteiger partial charge on any atom is -0.861 e. The zero-order valence-corrected chi connectivity index (χ0v) is 24.0. The number of aliphatic carboxylic acids is 1. The molecule has 0 amide bonds. The van der Waals surface area contributed by atoms with E-state index in [2.05, 4.69) is 15.1 Å². The normalized spacial score (nSPS) is 16.4. The van der Waals surface area contributed by atoms with Crippen LogP contribution < -0.4 is 10.2 Å². The average molecular weight is 629 g/mol. The van der Waals surface area contributed by atoms with E-state index in [9.17, 15) is 25.1 Å². The Morgan fingerprint density at radius 2 is 1.84 bits per heavy atom. The molecule has 0 spiro atoms. The van der Waals surface area contributed by atoms with Crippen LogP contribution >= 0.6 is 0 Å². The summed E-state index contributed by atoms with van der Waals surface area (Å²) in [5.74, 6) is -1.86.